The normalized spacial score (nSPS) is 13.2. The van der Waals surface area contributed by atoms with E-state index in [1.54, 1.807) is 0 Å². The van der Waals surface area contributed by atoms with Gasteiger partial charge in [-0.2, -0.15) is 0 Å². The minimum Gasteiger partial charge on any atom is -0.353 e. The largest absolute Gasteiger partial charge is 0.353 e. The molecule has 2 heteroatoms. The lowest BCUT2D eigenvalue weighted by Crippen LogP contribution is -2.29. The molecule has 1 atom stereocenters. The maximum Gasteiger partial charge on any atom is 0.158 e. The van der Waals surface area contributed by atoms with E-state index in [2.05, 4.69) is 34.6 Å². The Kier molecular flexibility index (Phi) is 20.1. The van der Waals surface area contributed by atoms with Gasteiger partial charge in [0.05, 0.1) is 0 Å². The lowest BCUT2D eigenvalue weighted by Gasteiger charge is -2.34. The van der Waals surface area contributed by atoms with E-state index in [9.17, 15) is 0 Å². The zero-order valence-corrected chi connectivity index (χ0v) is 20.3. The van der Waals surface area contributed by atoms with Crippen LogP contribution >= 0.6 is 0 Å². The molecule has 28 heavy (non-hydrogen) atoms. The number of hydrogen-bond acceptors (Lipinski definition) is 2. The van der Waals surface area contributed by atoms with Crippen molar-refractivity contribution in [1.29, 1.82) is 0 Å². The molecule has 0 rings (SSSR count). The predicted octanol–water partition coefficient (Wildman–Crippen LogP) is 9.06. The van der Waals surface area contributed by atoms with E-state index in [0.717, 1.165) is 19.6 Å². The van der Waals surface area contributed by atoms with Gasteiger partial charge in [0, 0.05) is 19.6 Å². The SMILES string of the molecule is CCCCCCCCCOC(CC(CC)(CC)CC)OCCCCCCCC. The third-order valence-corrected chi connectivity index (χ3v) is 6.70. The summed E-state index contributed by atoms with van der Waals surface area (Å²) in [5.41, 5.74) is 0.381. The molecule has 0 aromatic heterocycles. The maximum atomic E-state index is 6.25. The van der Waals surface area contributed by atoms with Crippen molar-refractivity contribution in [3.8, 4) is 0 Å². The van der Waals surface area contributed by atoms with Crippen LogP contribution in [0, 0.1) is 5.41 Å². The summed E-state index contributed by atoms with van der Waals surface area (Å²) in [4.78, 5) is 0. The fraction of sp³-hybridized carbons (Fsp3) is 1.00. The first kappa shape index (κ1) is 27.9. The lowest BCUT2D eigenvalue weighted by molar-refractivity contribution is -0.164. The van der Waals surface area contributed by atoms with Crippen LogP contribution in [0.5, 0.6) is 0 Å². The second kappa shape index (κ2) is 20.2. The molecule has 0 N–H and O–H groups in total. The molecule has 0 saturated carbocycles. The second-order valence-electron chi connectivity index (χ2n) is 8.83. The van der Waals surface area contributed by atoms with Crippen LogP contribution in [0.1, 0.15) is 144 Å². The van der Waals surface area contributed by atoms with Crippen LogP contribution in [0.4, 0.5) is 0 Å². The molecule has 0 amide bonds. The van der Waals surface area contributed by atoms with Crippen molar-refractivity contribution < 1.29 is 9.47 Å². The molecule has 0 radical (unpaired) electrons. The van der Waals surface area contributed by atoms with E-state index in [1.165, 1.54) is 103 Å². The van der Waals surface area contributed by atoms with E-state index >= 15 is 0 Å². The zero-order chi connectivity index (χ0) is 20.9. The Hall–Kier alpha value is -0.0800. The molecule has 0 aliphatic heterocycles. The standard InChI is InChI=1S/C26H54O2/c1-6-11-13-15-17-19-21-23-28-25(24-26(8-3,9-4)10-5)27-22-20-18-16-14-12-7-2/h25H,6-24H2,1-5H3. The quantitative estimate of drug-likeness (QED) is 0.134. The highest BCUT2D eigenvalue weighted by atomic mass is 16.7. The minimum atomic E-state index is -0.00409. The average molecular weight is 399 g/mol. The van der Waals surface area contributed by atoms with Gasteiger partial charge >= 0.3 is 0 Å². The van der Waals surface area contributed by atoms with E-state index in [4.69, 9.17) is 9.47 Å². The molecule has 0 spiro atoms. The highest BCUT2D eigenvalue weighted by molar-refractivity contribution is 4.76. The minimum absolute atomic E-state index is 0.00409. The van der Waals surface area contributed by atoms with Crippen molar-refractivity contribution in [2.75, 3.05) is 13.2 Å². The molecule has 0 heterocycles. The van der Waals surface area contributed by atoms with Gasteiger partial charge in [-0.05, 0) is 18.3 Å². The highest BCUT2D eigenvalue weighted by Crippen LogP contribution is 2.36. The van der Waals surface area contributed by atoms with Gasteiger partial charge in [0.1, 0.15) is 0 Å². The fourth-order valence-corrected chi connectivity index (χ4v) is 4.07. The van der Waals surface area contributed by atoms with Crippen molar-refractivity contribution >= 4 is 0 Å². The Balaban J connectivity index is 4.18. The summed E-state index contributed by atoms with van der Waals surface area (Å²) < 4.78 is 12.5. The number of rotatable bonds is 22. The molecule has 0 aromatic rings. The van der Waals surface area contributed by atoms with Crippen molar-refractivity contribution in [2.45, 2.75) is 150 Å². The molecule has 170 valence electrons. The second-order valence-corrected chi connectivity index (χ2v) is 8.83. The predicted molar refractivity (Wildman–Crippen MR) is 125 cm³/mol. The Morgan fingerprint density at radius 3 is 1.21 bits per heavy atom. The fourth-order valence-electron chi connectivity index (χ4n) is 4.07. The first-order valence-electron chi connectivity index (χ1n) is 12.9. The van der Waals surface area contributed by atoms with Crippen LogP contribution in [-0.2, 0) is 9.47 Å². The molecule has 1 unspecified atom stereocenters. The first-order valence-corrected chi connectivity index (χ1v) is 12.9. The van der Waals surface area contributed by atoms with Gasteiger partial charge in [0.25, 0.3) is 0 Å². The number of ether oxygens (including phenoxy) is 2. The van der Waals surface area contributed by atoms with Crippen molar-refractivity contribution in [2.24, 2.45) is 5.41 Å². The maximum absolute atomic E-state index is 6.25. The summed E-state index contributed by atoms with van der Waals surface area (Å²) in [6.07, 6.45) is 21.9. The van der Waals surface area contributed by atoms with Gasteiger partial charge in [-0.15, -0.1) is 0 Å². The molecule has 2 nitrogen and oxygen atoms in total. The summed E-state index contributed by atoms with van der Waals surface area (Å²) in [6.45, 7) is 13.3. The van der Waals surface area contributed by atoms with Crippen LogP contribution in [0.3, 0.4) is 0 Å². The van der Waals surface area contributed by atoms with Gasteiger partial charge in [-0.25, -0.2) is 0 Å². The molecule has 0 aliphatic carbocycles. The van der Waals surface area contributed by atoms with E-state index in [0.29, 0.717) is 5.41 Å². The Morgan fingerprint density at radius 1 is 0.500 bits per heavy atom. The summed E-state index contributed by atoms with van der Waals surface area (Å²) in [5, 5.41) is 0. The molecule has 0 saturated heterocycles. The lowest BCUT2D eigenvalue weighted by atomic mass is 9.77. The summed E-state index contributed by atoms with van der Waals surface area (Å²) in [7, 11) is 0. The number of unbranched alkanes of at least 4 members (excludes halogenated alkanes) is 11. The molecule has 0 bridgehead atoms. The monoisotopic (exact) mass is 398 g/mol. The van der Waals surface area contributed by atoms with Crippen molar-refractivity contribution in [3.63, 3.8) is 0 Å². The Labute approximate surface area is 178 Å². The van der Waals surface area contributed by atoms with Crippen molar-refractivity contribution in [3.05, 3.63) is 0 Å². The zero-order valence-electron chi connectivity index (χ0n) is 20.3. The van der Waals surface area contributed by atoms with Crippen molar-refractivity contribution in [1.82, 2.24) is 0 Å². The molecular formula is C26H54O2. The molecular weight excluding hydrogens is 344 g/mol. The van der Waals surface area contributed by atoms with Crippen LogP contribution in [-0.4, -0.2) is 19.5 Å². The van der Waals surface area contributed by atoms with Crippen LogP contribution in [0.2, 0.25) is 0 Å². The summed E-state index contributed by atoms with van der Waals surface area (Å²) in [5.74, 6) is 0. The van der Waals surface area contributed by atoms with Crippen LogP contribution in [0.15, 0.2) is 0 Å². The van der Waals surface area contributed by atoms with E-state index < -0.39 is 0 Å². The van der Waals surface area contributed by atoms with E-state index in [1.807, 2.05) is 0 Å². The molecule has 0 aliphatic rings. The first-order chi connectivity index (χ1) is 13.7. The van der Waals surface area contributed by atoms with Gasteiger partial charge in [0.15, 0.2) is 6.29 Å². The smallest absolute Gasteiger partial charge is 0.158 e. The number of hydrogen-bond donors (Lipinski definition) is 0. The summed E-state index contributed by atoms with van der Waals surface area (Å²) in [6, 6.07) is 0. The van der Waals surface area contributed by atoms with Gasteiger partial charge < -0.3 is 9.47 Å². The average Bonchev–Trinajstić information content (AvgIpc) is 2.72. The Bertz CT molecular complexity index is 291. The topological polar surface area (TPSA) is 18.5 Å². The van der Waals surface area contributed by atoms with Crippen LogP contribution in [0.25, 0.3) is 0 Å². The summed E-state index contributed by atoms with van der Waals surface area (Å²) >= 11 is 0. The van der Waals surface area contributed by atoms with Gasteiger partial charge in [0.2, 0.25) is 0 Å². The van der Waals surface area contributed by atoms with Crippen LogP contribution < -0.4 is 0 Å². The highest BCUT2D eigenvalue weighted by Gasteiger charge is 2.28. The van der Waals surface area contributed by atoms with Gasteiger partial charge in [-0.3, -0.25) is 0 Å². The molecule has 0 fully saturated rings. The molecule has 0 aromatic carbocycles. The third-order valence-electron chi connectivity index (χ3n) is 6.70. The van der Waals surface area contributed by atoms with E-state index in [-0.39, 0.29) is 6.29 Å². The third kappa shape index (κ3) is 14.9. The Morgan fingerprint density at radius 2 is 0.857 bits per heavy atom. The van der Waals surface area contributed by atoms with Gasteiger partial charge in [-0.1, -0.05) is 125 Å².